The Morgan fingerprint density at radius 3 is 2.41 bits per heavy atom. The Labute approximate surface area is 98.2 Å². The third-order valence-corrected chi connectivity index (χ3v) is 2.32. The van der Waals surface area contributed by atoms with Crippen LogP contribution in [0.3, 0.4) is 0 Å². The minimum Gasteiger partial charge on any atom is -0.356 e. The molecule has 0 N–H and O–H groups in total. The van der Waals surface area contributed by atoms with Gasteiger partial charge in [0.1, 0.15) is 6.20 Å². The molecule has 2 aromatic rings. The highest BCUT2D eigenvalue weighted by Crippen LogP contribution is 2.25. The van der Waals surface area contributed by atoms with Gasteiger partial charge in [0, 0.05) is 14.1 Å². The van der Waals surface area contributed by atoms with Crippen molar-refractivity contribution in [1.82, 2.24) is 9.78 Å². The lowest BCUT2D eigenvalue weighted by Crippen LogP contribution is -2.11. The minimum absolute atomic E-state index is 0.00106. The number of hydrogen-bond acceptors (Lipinski definition) is 4. The van der Waals surface area contributed by atoms with Gasteiger partial charge < -0.3 is 4.90 Å². The topological polar surface area (TPSA) is 64.2 Å². The van der Waals surface area contributed by atoms with E-state index in [0.29, 0.717) is 5.82 Å². The number of nitrogens with zero attached hydrogens (tertiary/aromatic N) is 4. The average Bonchev–Trinajstić information content (AvgIpc) is 2.75. The molecule has 0 aliphatic carbocycles. The first kappa shape index (κ1) is 11.1. The van der Waals surface area contributed by atoms with Crippen LogP contribution in [0.4, 0.5) is 11.5 Å². The fourth-order valence-corrected chi connectivity index (χ4v) is 1.52. The van der Waals surface area contributed by atoms with Crippen LogP contribution >= 0.6 is 0 Å². The SMILES string of the molecule is CN(C)c1nn(-c2ccccc2)cc1[N+](=O)[O-]. The molecule has 0 saturated carbocycles. The van der Waals surface area contributed by atoms with E-state index in [1.165, 1.54) is 10.9 Å². The molecule has 6 heteroatoms. The van der Waals surface area contributed by atoms with Crippen LogP contribution < -0.4 is 4.90 Å². The molecule has 0 saturated heterocycles. The van der Waals surface area contributed by atoms with Gasteiger partial charge in [-0.05, 0) is 12.1 Å². The van der Waals surface area contributed by atoms with Crippen molar-refractivity contribution in [3.63, 3.8) is 0 Å². The monoisotopic (exact) mass is 232 g/mol. The molecule has 6 nitrogen and oxygen atoms in total. The molecule has 0 aliphatic heterocycles. The number of nitro groups is 1. The first-order valence-electron chi connectivity index (χ1n) is 5.06. The van der Waals surface area contributed by atoms with Gasteiger partial charge in [0.05, 0.1) is 10.6 Å². The molecule has 0 bridgehead atoms. The highest BCUT2D eigenvalue weighted by atomic mass is 16.6. The van der Waals surface area contributed by atoms with E-state index in [2.05, 4.69) is 5.10 Å². The molecular weight excluding hydrogens is 220 g/mol. The van der Waals surface area contributed by atoms with E-state index < -0.39 is 4.92 Å². The van der Waals surface area contributed by atoms with Crippen LogP contribution in [-0.4, -0.2) is 28.8 Å². The highest BCUT2D eigenvalue weighted by Gasteiger charge is 2.21. The van der Waals surface area contributed by atoms with Gasteiger partial charge >= 0.3 is 5.69 Å². The average molecular weight is 232 g/mol. The molecule has 1 heterocycles. The van der Waals surface area contributed by atoms with Crippen LogP contribution in [0.1, 0.15) is 0 Å². The molecule has 0 atom stereocenters. The van der Waals surface area contributed by atoms with E-state index >= 15 is 0 Å². The van der Waals surface area contributed by atoms with E-state index in [1.807, 2.05) is 30.3 Å². The summed E-state index contributed by atoms with van der Waals surface area (Å²) in [7, 11) is 3.45. The van der Waals surface area contributed by atoms with Crippen LogP contribution in [0.2, 0.25) is 0 Å². The summed E-state index contributed by atoms with van der Waals surface area (Å²) < 4.78 is 1.51. The molecule has 0 spiro atoms. The number of rotatable bonds is 3. The predicted molar refractivity (Wildman–Crippen MR) is 64.5 cm³/mol. The Morgan fingerprint density at radius 1 is 1.29 bits per heavy atom. The summed E-state index contributed by atoms with van der Waals surface area (Å²) >= 11 is 0. The van der Waals surface area contributed by atoms with E-state index in [9.17, 15) is 10.1 Å². The molecule has 0 fully saturated rings. The highest BCUT2D eigenvalue weighted by molar-refractivity contribution is 5.57. The van der Waals surface area contributed by atoms with Crippen molar-refractivity contribution in [3.05, 3.63) is 46.6 Å². The van der Waals surface area contributed by atoms with Gasteiger partial charge in [-0.1, -0.05) is 18.2 Å². The lowest BCUT2D eigenvalue weighted by atomic mass is 10.3. The summed E-state index contributed by atoms with van der Waals surface area (Å²) in [4.78, 5) is 12.1. The van der Waals surface area contributed by atoms with Gasteiger partial charge in [0.15, 0.2) is 0 Å². The summed E-state index contributed by atoms with van der Waals surface area (Å²) in [6, 6.07) is 9.29. The van der Waals surface area contributed by atoms with E-state index in [1.54, 1.807) is 19.0 Å². The standard InChI is InChI=1S/C11H12N4O2/c1-13(2)11-10(15(16)17)8-14(12-11)9-6-4-3-5-7-9/h3-8H,1-2H3. The molecule has 0 unspecified atom stereocenters. The zero-order valence-electron chi connectivity index (χ0n) is 9.57. The summed E-state index contributed by atoms with van der Waals surface area (Å²) in [5.41, 5.74) is 0.794. The molecular formula is C11H12N4O2. The first-order chi connectivity index (χ1) is 8.09. The number of benzene rings is 1. The van der Waals surface area contributed by atoms with E-state index in [-0.39, 0.29) is 5.69 Å². The first-order valence-corrected chi connectivity index (χ1v) is 5.06. The normalized spacial score (nSPS) is 10.2. The lowest BCUT2D eigenvalue weighted by Gasteiger charge is -2.06. The number of para-hydroxylation sites is 1. The smallest absolute Gasteiger partial charge is 0.331 e. The molecule has 0 aliphatic rings. The maximum Gasteiger partial charge on any atom is 0.331 e. The van der Waals surface area contributed by atoms with Crippen molar-refractivity contribution in [2.45, 2.75) is 0 Å². The molecule has 0 radical (unpaired) electrons. The number of anilines is 1. The zero-order valence-corrected chi connectivity index (χ0v) is 9.57. The minimum atomic E-state index is -0.429. The quantitative estimate of drug-likeness (QED) is 0.598. The van der Waals surface area contributed by atoms with Crippen LogP contribution in [0, 0.1) is 10.1 Å². The van der Waals surface area contributed by atoms with Crippen LogP contribution in [-0.2, 0) is 0 Å². The third kappa shape index (κ3) is 2.10. The number of hydrogen-bond donors (Lipinski definition) is 0. The maximum atomic E-state index is 10.9. The van der Waals surface area contributed by atoms with Gasteiger partial charge in [-0.2, -0.15) is 0 Å². The second kappa shape index (κ2) is 4.25. The van der Waals surface area contributed by atoms with Gasteiger partial charge in [-0.3, -0.25) is 10.1 Å². The van der Waals surface area contributed by atoms with Crippen molar-refractivity contribution >= 4 is 11.5 Å². The summed E-state index contributed by atoms with van der Waals surface area (Å²) in [5, 5.41) is 15.1. The van der Waals surface area contributed by atoms with Gasteiger partial charge in [-0.15, -0.1) is 5.10 Å². The Bertz CT molecular complexity index is 534. The fourth-order valence-electron chi connectivity index (χ4n) is 1.52. The summed E-state index contributed by atoms with van der Waals surface area (Å²) in [6.07, 6.45) is 1.42. The second-order valence-electron chi connectivity index (χ2n) is 3.77. The Balaban J connectivity index is 2.51. The summed E-state index contributed by atoms with van der Waals surface area (Å²) in [5.74, 6) is 0.346. The molecule has 2 rings (SSSR count). The van der Waals surface area contributed by atoms with Crippen molar-refractivity contribution in [1.29, 1.82) is 0 Å². The fraction of sp³-hybridized carbons (Fsp3) is 0.182. The zero-order chi connectivity index (χ0) is 12.4. The molecule has 1 aromatic carbocycles. The molecule has 17 heavy (non-hydrogen) atoms. The van der Waals surface area contributed by atoms with Crippen molar-refractivity contribution in [3.8, 4) is 5.69 Å². The van der Waals surface area contributed by atoms with E-state index in [0.717, 1.165) is 5.69 Å². The Hall–Kier alpha value is -2.37. The van der Waals surface area contributed by atoms with Crippen LogP contribution in [0.25, 0.3) is 5.69 Å². The molecule has 0 amide bonds. The second-order valence-corrected chi connectivity index (χ2v) is 3.77. The van der Waals surface area contributed by atoms with Crippen molar-refractivity contribution in [2.75, 3.05) is 19.0 Å². The van der Waals surface area contributed by atoms with Crippen molar-refractivity contribution in [2.24, 2.45) is 0 Å². The van der Waals surface area contributed by atoms with Crippen LogP contribution in [0.5, 0.6) is 0 Å². The van der Waals surface area contributed by atoms with E-state index in [4.69, 9.17) is 0 Å². The van der Waals surface area contributed by atoms with Gasteiger partial charge in [0.25, 0.3) is 0 Å². The molecule has 88 valence electrons. The van der Waals surface area contributed by atoms with Gasteiger partial charge in [-0.25, -0.2) is 4.68 Å². The predicted octanol–water partition coefficient (Wildman–Crippen LogP) is 1.85. The van der Waals surface area contributed by atoms with Crippen LogP contribution in [0.15, 0.2) is 36.5 Å². The number of aromatic nitrogens is 2. The van der Waals surface area contributed by atoms with Gasteiger partial charge in [0.2, 0.25) is 5.82 Å². The maximum absolute atomic E-state index is 10.9. The van der Waals surface area contributed by atoms with Crippen molar-refractivity contribution < 1.29 is 4.92 Å². The molecule has 1 aromatic heterocycles. The Kier molecular flexibility index (Phi) is 2.78. The lowest BCUT2D eigenvalue weighted by molar-refractivity contribution is -0.384. The third-order valence-electron chi connectivity index (χ3n) is 2.32. The largest absolute Gasteiger partial charge is 0.356 e. The summed E-state index contributed by atoms with van der Waals surface area (Å²) in [6.45, 7) is 0. The Morgan fingerprint density at radius 2 is 1.94 bits per heavy atom.